The molecule has 0 saturated carbocycles. The molecule has 0 spiro atoms. The maximum atomic E-state index is 12.5. The van der Waals surface area contributed by atoms with Crippen molar-refractivity contribution in [3.8, 4) is 16.8 Å². The van der Waals surface area contributed by atoms with E-state index < -0.39 is 0 Å². The van der Waals surface area contributed by atoms with Crippen LogP contribution in [0.4, 0.5) is 0 Å². The molecule has 0 aromatic carbocycles. The molecular formula is C15H17N3O2S. The maximum absolute atomic E-state index is 12.5. The van der Waals surface area contributed by atoms with Gasteiger partial charge >= 0.3 is 0 Å². The lowest BCUT2D eigenvalue weighted by atomic mass is 10.3. The lowest BCUT2D eigenvalue weighted by molar-refractivity contribution is 0.0780. The van der Waals surface area contributed by atoms with E-state index in [1.165, 1.54) is 11.3 Å². The minimum Gasteiger partial charge on any atom is -0.459 e. The van der Waals surface area contributed by atoms with Crippen LogP contribution >= 0.6 is 11.3 Å². The predicted molar refractivity (Wildman–Crippen MR) is 81.1 cm³/mol. The van der Waals surface area contributed by atoms with Gasteiger partial charge in [-0.2, -0.15) is 5.26 Å². The van der Waals surface area contributed by atoms with Gasteiger partial charge in [0.25, 0.3) is 5.91 Å². The first-order valence-corrected chi connectivity index (χ1v) is 7.59. The number of carbonyl (C=O) groups excluding carboxylic acids is 1. The summed E-state index contributed by atoms with van der Waals surface area (Å²) >= 11 is 1.31. The summed E-state index contributed by atoms with van der Waals surface area (Å²) in [7, 11) is 0. The zero-order valence-electron chi connectivity index (χ0n) is 12.3. The van der Waals surface area contributed by atoms with Crippen LogP contribution in [0.3, 0.4) is 0 Å². The van der Waals surface area contributed by atoms with E-state index in [4.69, 9.17) is 9.68 Å². The van der Waals surface area contributed by atoms with Crippen molar-refractivity contribution in [2.75, 3.05) is 13.1 Å². The second-order valence-corrected chi connectivity index (χ2v) is 5.73. The lowest BCUT2D eigenvalue weighted by Gasteiger charge is -2.17. The van der Waals surface area contributed by atoms with Gasteiger partial charge in [0.1, 0.15) is 17.2 Å². The molecule has 21 heavy (non-hydrogen) atoms. The topological polar surface area (TPSA) is 70.1 Å². The second-order valence-electron chi connectivity index (χ2n) is 4.73. The first kappa shape index (κ1) is 15.3. The summed E-state index contributed by atoms with van der Waals surface area (Å²) in [5.41, 5.74) is 0.674. The Hall–Kier alpha value is -2.13. The number of carbonyl (C=O) groups is 1. The Bertz CT molecular complexity index is 681. The molecular weight excluding hydrogens is 286 g/mol. The zero-order chi connectivity index (χ0) is 15.4. The summed E-state index contributed by atoms with van der Waals surface area (Å²) in [6.45, 7) is 6.32. The fourth-order valence-corrected chi connectivity index (χ4v) is 3.00. The number of rotatable bonds is 5. The molecule has 0 fully saturated rings. The fourth-order valence-electron chi connectivity index (χ4n) is 2.00. The third-order valence-electron chi connectivity index (χ3n) is 2.98. The van der Waals surface area contributed by atoms with E-state index in [1.54, 1.807) is 11.8 Å². The Morgan fingerprint density at radius 2 is 2.24 bits per heavy atom. The van der Waals surface area contributed by atoms with Gasteiger partial charge in [-0.25, -0.2) is 4.98 Å². The van der Waals surface area contributed by atoms with Crippen LogP contribution in [0.25, 0.3) is 10.8 Å². The third-order valence-corrected chi connectivity index (χ3v) is 4.14. The van der Waals surface area contributed by atoms with Crippen molar-refractivity contribution < 1.29 is 9.21 Å². The van der Waals surface area contributed by atoms with Crippen LogP contribution in [-0.2, 0) is 0 Å². The fraction of sp³-hybridized carbons (Fsp3) is 0.400. The van der Waals surface area contributed by atoms with Crippen molar-refractivity contribution in [2.24, 2.45) is 0 Å². The number of nitrogens with zero attached hydrogens (tertiary/aromatic N) is 3. The van der Waals surface area contributed by atoms with Crippen molar-refractivity contribution >= 4 is 17.2 Å². The Morgan fingerprint density at radius 1 is 1.48 bits per heavy atom. The number of aryl methyl sites for hydroxylation is 2. The standard InChI is InChI=1S/C15H17N3O2S/c1-4-8-18(9-7-16)15(19)13-11(3)17-14(21-13)12-6-5-10(2)20-12/h5-6H,4,8-9H2,1-3H3. The quantitative estimate of drug-likeness (QED) is 0.794. The minimum atomic E-state index is -0.136. The van der Waals surface area contributed by atoms with Gasteiger partial charge in [0, 0.05) is 6.54 Å². The number of aromatic nitrogens is 1. The summed E-state index contributed by atoms with van der Waals surface area (Å²) < 4.78 is 5.54. The first-order valence-electron chi connectivity index (χ1n) is 6.77. The Balaban J connectivity index is 2.30. The van der Waals surface area contributed by atoms with E-state index in [0.29, 0.717) is 27.9 Å². The molecule has 110 valence electrons. The van der Waals surface area contributed by atoms with E-state index in [-0.39, 0.29) is 12.5 Å². The molecule has 5 nitrogen and oxygen atoms in total. The van der Waals surface area contributed by atoms with Crippen molar-refractivity contribution in [1.82, 2.24) is 9.88 Å². The average molecular weight is 303 g/mol. The number of furan rings is 1. The van der Waals surface area contributed by atoms with E-state index in [9.17, 15) is 4.79 Å². The monoisotopic (exact) mass is 303 g/mol. The molecule has 0 bridgehead atoms. The molecule has 2 rings (SSSR count). The lowest BCUT2D eigenvalue weighted by Crippen LogP contribution is -2.32. The highest BCUT2D eigenvalue weighted by Gasteiger charge is 2.22. The molecule has 1 amide bonds. The molecule has 0 aliphatic rings. The van der Waals surface area contributed by atoms with Gasteiger partial charge in [0.15, 0.2) is 10.8 Å². The highest BCUT2D eigenvalue weighted by atomic mass is 32.1. The van der Waals surface area contributed by atoms with Crippen molar-refractivity contribution in [3.05, 3.63) is 28.5 Å². The van der Waals surface area contributed by atoms with E-state index >= 15 is 0 Å². The zero-order valence-corrected chi connectivity index (χ0v) is 13.2. The molecule has 0 saturated heterocycles. The largest absolute Gasteiger partial charge is 0.459 e. The van der Waals surface area contributed by atoms with Crippen LogP contribution in [0.1, 0.15) is 34.5 Å². The SMILES string of the molecule is CCCN(CC#N)C(=O)c1sc(-c2ccc(C)o2)nc1C. The first-order chi connectivity index (χ1) is 10.1. The molecule has 0 aliphatic heterocycles. The Kier molecular flexibility index (Phi) is 4.76. The van der Waals surface area contributed by atoms with Crippen molar-refractivity contribution in [2.45, 2.75) is 27.2 Å². The molecule has 0 atom stereocenters. The maximum Gasteiger partial charge on any atom is 0.266 e. The van der Waals surface area contributed by atoms with Crippen LogP contribution in [0, 0.1) is 25.2 Å². The van der Waals surface area contributed by atoms with Crippen LogP contribution in [0.5, 0.6) is 0 Å². The summed E-state index contributed by atoms with van der Waals surface area (Å²) in [5, 5.41) is 9.54. The smallest absolute Gasteiger partial charge is 0.266 e. The van der Waals surface area contributed by atoms with Gasteiger partial charge in [0.05, 0.1) is 11.8 Å². The molecule has 6 heteroatoms. The molecule has 0 N–H and O–H groups in total. The number of amides is 1. The molecule has 2 aromatic heterocycles. The summed E-state index contributed by atoms with van der Waals surface area (Å²) in [6, 6.07) is 5.75. The van der Waals surface area contributed by atoms with Gasteiger partial charge in [0.2, 0.25) is 0 Å². The highest BCUT2D eigenvalue weighted by Crippen LogP contribution is 2.30. The number of hydrogen-bond donors (Lipinski definition) is 0. The Labute approximate surface area is 127 Å². The minimum absolute atomic E-state index is 0.0964. The third kappa shape index (κ3) is 3.31. The number of nitriles is 1. The van der Waals surface area contributed by atoms with Crippen molar-refractivity contribution in [3.63, 3.8) is 0 Å². The van der Waals surface area contributed by atoms with Crippen LogP contribution in [0.2, 0.25) is 0 Å². The molecule has 0 radical (unpaired) electrons. The van der Waals surface area contributed by atoms with Crippen LogP contribution in [0.15, 0.2) is 16.5 Å². The van der Waals surface area contributed by atoms with Gasteiger partial charge < -0.3 is 9.32 Å². The van der Waals surface area contributed by atoms with Crippen LogP contribution in [-0.4, -0.2) is 28.9 Å². The molecule has 0 unspecified atom stereocenters. The van der Waals surface area contributed by atoms with E-state index in [1.807, 2.05) is 32.0 Å². The predicted octanol–water partition coefficient (Wildman–Crippen LogP) is 3.40. The molecule has 2 aromatic rings. The van der Waals surface area contributed by atoms with Gasteiger partial charge in [-0.3, -0.25) is 4.79 Å². The number of thiazole rings is 1. The van der Waals surface area contributed by atoms with Crippen LogP contribution < -0.4 is 0 Å². The average Bonchev–Trinajstić information content (AvgIpc) is 3.04. The highest BCUT2D eigenvalue weighted by molar-refractivity contribution is 7.17. The van der Waals surface area contributed by atoms with Gasteiger partial charge in [-0.1, -0.05) is 6.92 Å². The summed E-state index contributed by atoms with van der Waals surface area (Å²) in [4.78, 5) is 19.0. The summed E-state index contributed by atoms with van der Waals surface area (Å²) in [6.07, 6.45) is 0.815. The summed E-state index contributed by atoms with van der Waals surface area (Å²) in [5.74, 6) is 1.34. The van der Waals surface area contributed by atoms with Gasteiger partial charge in [-0.15, -0.1) is 11.3 Å². The van der Waals surface area contributed by atoms with E-state index in [2.05, 4.69) is 4.98 Å². The van der Waals surface area contributed by atoms with E-state index in [0.717, 1.165) is 12.2 Å². The second kappa shape index (κ2) is 6.55. The van der Waals surface area contributed by atoms with Crippen molar-refractivity contribution in [1.29, 1.82) is 5.26 Å². The normalized spacial score (nSPS) is 10.4. The molecule has 2 heterocycles. The Morgan fingerprint density at radius 3 is 2.81 bits per heavy atom. The van der Waals surface area contributed by atoms with Gasteiger partial charge in [-0.05, 0) is 32.4 Å². The number of hydrogen-bond acceptors (Lipinski definition) is 5. The molecule has 0 aliphatic carbocycles.